The Morgan fingerprint density at radius 2 is 2.36 bits per heavy atom. The van der Waals surface area contributed by atoms with E-state index >= 15 is 0 Å². The van der Waals surface area contributed by atoms with E-state index in [1.165, 1.54) is 6.07 Å². The van der Waals surface area contributed by atoms with Crippen molar-refractivity contribution in [2.24, 2.45) is 13.0 Å². The maximum Gasteiger partial charge on any atom is 0.309 e. The molecule has 8 nitrogen and oxygen atoms in total. The first-order valence-electron chi connectivity index (χ1n) is 7.14. The largest absolute Gasteiger partial charge is 0.459 e. The Balaban J connectivity index is 1.62. The van der Waals surface area contributed by atoms with Crippen molar-refractivity contribution in [1.82, 2.24) is 25.2 Å². The molecule has 3 rings (SSSR count). The number of rotatable bonds is 3. The molecule has 2 aromatic heterocycles. The molecule has 2 aromatic rings. The second kappa shape index (κ2) is 5.70. The van der Waals surface area contributed by atoms with E-state index in [1.807, 2.05) is 7.05 Å². The van der Waals surface area contributed by atoms with Crippen LogP contribution in [-0.4, -0.2) is 31.2 Å². The minimum absolute atomic E-state index is 0.113. The average Bonchev–Trinajstić information content (AvgIpc) is 2.87. The molecule has 22 heavy (non-hydrogen) atoms. The van der Waals surface area contributed by atoms with Crippen LogP contribution in [0.25, 0.3) is 0 Å². The maximum atomic E-state index is 12.1. The quantitative estimate of drug-likeness (QED) is 0.804. The fraction of sp³-hybridized carbons (Fsp3) is 0.500. The number of hydrogen-bond donors (Lipinski definition) is 1. The van der Waals surface area contributed by atoms with Gasteiger partial charge in [-0.2, -0.15) is 5.10 Å². The van der Waals surface area contributed by atoms with Crippen LogP contribution in [0.1, 0.15) is 29.2 Å². The normalized spacial score (nSPS) is 17.1. The first-order chi connectivity index (χ1) is 10.5. The number of carbonyl (C=O) groups is 1. The zero-order valence-corrected chi connectivity index (χ0v) is 12.5. The molecule has 1 atom stereocenters. The van der Waals surface area contributed by atoms with Gasteiger partial charge in [0.05, 0.1) is 17.3 Å². The van der Waals surface area contributed by atoms with Gasteiger partial charge in [-0.05, 0) is 19.8 Å². The van der Waals surface area contributed by atoms with Crippen LogP contribution in [0.3, 0.4) is 0 Å². The van der Waals surface area contributed by atoms with E-state index in [1.54, 1.807) is 11.6 Å². The van der Waals surface area contributed by atoms with Crippen LogP contribution in [0.2, 0.25) is 0 Å². The maximum absolute atomic E-state index is 12.1. The minimum atomic E-state index is -0.321. The highest BCUT2D eigenvalue weighted by atomic mass is 16.5. The third-order valence-electron chi connectivity index (χ3n) is 3.88. The van der Waals surface area contributed by atoms with Crippen molar-refractivity contribution in [3.8, 4) is 0 Å². The number of esters is 1. The van der Waals surface area contributed by atoms with Crippen LogP contribution in [0.5, 0.6) is 0 Å². The van der Waals surface area contributed by atoms with Crippen molar-refractivity contribution in [2.75, 3.05) is 0 Å². The third kappa shape index (κ3) is 2.76. The number of nitrogens with zero attached hydrogens (tertiary/aromatic N) is 4. The topological polar surface area (TPSA) is 103 Å². The zero-order valence-electron chi connectivity index (χ0n) is 12.5. The Hall–Kier alpha value is -2.51. The summed E-state index contributed by atoms with van der Waals surface area (Å²) in [7, 11) is 1.85. The van der Waals surface area contributed by atoms with Crippen LogP contribution in [0.4, 0.5) is 0 Å². The molecule has 0 spiro atoms. The van der Waals surface area contributed by atoms with Crippen LogP contribution in [-0.2, 0) is 36.0 Å². The standard InChI is InChI=1S/C14H17N5O3/c1-8-5-13(20)11(16-15-8)7-22-14(21)9-3-4-12-10(6-9)17-18-19(12)2/h5,9H,3-4,6-7H2,1-2H3,(H,15,20). The number of hydrogen-bond acceptors (Lipinski definition) is 6. The highest BCUT2D eigenvalue weighted by Crippen LogP contribution is 2.24. The van der Waals surface area contributed by atoms with Gasteiger partial charge in [0, 0.05) is 25.2 Å². The van der Waals surface area contributed by atoms with Gasteiger partial charge in [0.1, 0.15) is 12.3 Å². The van der Waals surface area contributed by atoms with Crippen molar-refractivity contribution in [1.29, 1.82) is 0 Å². The highest BCUT2D eigenvalue weighted by Gasteiger charge is 2.29. The van der Waals surface area contributed by atoms with Crippen molar-refractivity contribution >= 4 is 5.97 Å². The zero-order chi connectivity index (χ0) is 15.7. The lowest BCUT2D eigenvalue weighted by atomic mass is 9.90. The Labute approximate surface area is 126 Å². The van der Waals surface area contributed by atoms with E-state index in [0.717, 1.165) is 17.8 Å². The SMILES string of the molecule is Cc1cc(=O)c(COC(=O)C2CCc3c(nnn3C)C2)n[nH]1. The molecule has 1 N–H and O–H groups in total. The number of aromatic amines is 1. The summed E-state index contributed by atoms with van der Waals surface area (Å²) in [4.78, 5) is 23.8. The first-order valence-corrected chi connectivity index (χ1v) is 7.14. The minimum Gasteiger partial charge on any atom is -0.459 e. The number of ether oxygens (including phenoxy) is 1. The highest BCUT2D eigenvalue weighted by molar-refractivity contribution is 5.73. The molecule has 0 aromatic carbocycles. The fourth-order valence-corrected chi connectivity index (χ4v) is 2.62. The Kier molecular flexibility index (Phi) is 3.74. The molecule has 1 aliphatic rings. The summed E-state index contributed by atoms with van der Waals surface area (Å²) in [6.07, 6.45) is 1.98. The lowest BCUT2D eigenvalue weighted by Gasteiger charge is -2.19. The average molecular weight is 303 g/mol. The molecule has 0 saturated carbocycles. The van der Waals surface area contributed by atoms with Crippen LogP contribution >= 0.6 is 0 Å². The predicted octanol–water partition coefficient (Wildman–Crippen LogP) is 0.0551. The molecule has 0 saturated heterocycles. The summed E-state index contributed by atoms with van der Waals surface area (Å²) in [6.45, 7) is 1.63. The number of H-pyrrole nitrogens is 1. The number of aromatic nitrogens is 5. The van der Waals surface area contributed by atoms with Crippen molar-refractivity contribution < 1.29 is 9.53 Å². The molecule has 0 fully saturated rings. The lowest BCUT2D eigenvalue weighted by molar-refractivity contribution is -0.150. The van der Waals surface area contributed by atoms with Crippen LogP contribution < -0.4 is 5.43 Å². The molecular formula is C14H17N5O3. The van der Waals surface area contributed by atoms with Gasteiger partial charge >= 0.3 is 5.97 Å². The van der Waals surface area contributed by atoms with Gasteiger partial charge in [-0.3, -0.25) is 19.4 Å². The summed E-state index contributed by atoms with van der Waals surface area (Å²) in [6, 6.07) is 1.43. The third-order valence-corrected chi connectivity index (χ3v) is 3.88. The molecule has 0 radical (unpaired) electrons. The summed E-state index contributed by atoms with van der Waals surface area (Å²) >= 11 is 0. The fourth-order valence-electron chi connectivity index (χ4n) is 2.62. The number of carbonyl (C=O) groups excluding carboxylic acids is 1. The monoisotopic (exact) mass is 303 g/mol. The number of nitrogens with one attached hydrogen (secondary N) is 1. The van der Waals surface area contributed by atoms with Gasteiger partial charge in [-0.15, -0.1) is 5.10 Å². The number of aryl methyl sites for hydroxylation is 2. The Morgan fingerprint density at radius 1 is 1.55 bits per heavy atom. The van der Waals surface area contributed by atoms with E-state index in [-0.39, 0.29) is 29.6 Å². The summed E-state index contributed by atoms with van der Waals surface area (Å²) < 4.78 is 6.98. The smallest absolute Gasteiger partial charge is 0.309 e. The van der Waals surface area contributed by atoms with Crippen LogP contribution in [0, 0.1) is 12.8 Å². The predicted molar refractivity (Wildman–Crippen MR) is 75.9 cm³/mol. The lowest BCUT2D eigenvalue weighted by Crippen LogP contribution is -2.26. The molecule has 0 amide bonds. The molecule has 1 unspecified atom stereocenters. The summed E-state index contributed by atoms with van der Waals surface area (Å²) in [5.74, 6) is -0.563. The second-order valence-corrected chi connectivity index (χ2v) is 5.52. The van der Waals surface area contributed by atoms with E-state index in [9.17, 15) is 9.59 Å². The van der Waals surface area contributed by atoms with Gasteiger partial charge in [-0.1, -0.05) is 5.21 Å². The van der Waals surface area contributed by atoms with E-state index < -0.39 is 0 Å². The Morgan fingerprint density at radius 3 is 3.14 bits per heavy atom. The second-order valence-electron chi connectivity index (χ2n) is 5.52. The van der Waals surface area contributed by atoms with Crippen molar-refractivity contribution in [2.45, 2.75) is 32.8 Å². The van der Waals surface area contributed by atoms with Gasteiger partial charge in [-0.25, -0.2) is 0 Å². The van der Waals surface area contributed by atoms with Gasteiger partial charge in [0.2, 0.25) is 5.43 Å². The molecule has 0 aliphatic heterocycles. The van der Waals surface area contributed by atoms with Gasteiger partial charge in [0.15, 0.2) is 0 Å². The Bertz CT molecular complexity index is 764. The number of fused-ring (bicyclic) bond motifs is 1. The van der Waals surface area contributed by atoms with Crippen molar-refractivity contribution in [3.05, 3.63) is 39.1 Å². The van der Waals surface area contributed by atoms with E-state index in [4.69, 9.17) is 4.74 Å². The molecule has 2 heterocycles. The van der Waals surface area contributed by atoms with E-state index in [0.29, 0.717) is 18.5 Å². The molecule has 0 bridgehead atoms. The van der Waals surface area contributed by atoms with Gasteiger partial charge < -0.3 is 4.74 Å². The summed E-state index contributed by atoms with van der Waals surface area (Å²) in [5.41, 5.74) is 2.56. The van der Waals surface area contributed by atoms with E-state index in [2.05, 4.69) is 20.5 Å². The first kappa shape index (κ1) is 14.4. The molecular weight excluding hydrogens is 286 g/mol. The molecule has 8 heteroatoms. The van der Waals surface area contributed by atoms with Gasteiger partial charge in [0.25, 0.3) is 0 Å². The molecule has 116 valence electrons. The summed E-state index contributed by atoms with van der Waals surface area (Å²) in [5, 5.41) is 14.6. The van der Waals surface area contributed by atoms with Crippen molar-refractivity contribution in [3.63, 3.8) is 0 Å². The molecule has 1 aliphatic carbocycles. The van der Waals surface area contributed by atoms with Crippen LogP contribution in [0.15, 0.2) is 10.9 Å².